The standard InChI is InChI=1S/C12H14Cl2N4/c1-8(11-4-3-9(13)5-12(11)14)15-6-10-7-16-17-18(10)2/h3-5,7-8,15H,6H2,1-2H3. The SMILES string of the molecule is CC(NCc1cnnn1C)c1ccc(Cl)cc1Cl. The third kappa shape index (κ3) is 3.02. The minimum Gasteiger partial charge on any atom is -0.304 e. The fraction of sp³-hybridized carbons (Fsp3) is 0.333. The molecule has 1 atom stereocenters. The molecular weight excluding hydrogens is 271 g/mol. The third-order valence-electron chi connectivity index (χ3n) is 2.83. The monoisotopic (exact) mass is 284 g/mol. The summed E-state index contributed by atoms with van der Waals surface area (Å²) in [6.45, 7) is 2.74. The highest BCUT2D eigenvalue weighted by atomic mass is 35.5. The summed E-state index contributed by atoms with van der Waals surface area (Å²) in [7, 11) is 1.87. The van der Waals surface area contributed by atoms with Crippen molar-refractivity contribution in [1.29, 1.82) is 0 Å². The predicted octanol–water partition coefficient (Wildman–Crippen LogP) is 2.97. The molecule has 2 aromatic rings. The average Bonchev–Trinajstić information content (AvgIpc) is 2.72. The Hall–Kier alpha value is -1.10. The molecule has 0 aliphatic carbocycles. The Morgan fingerprint density at radius 1 is 1.39 bits per heavy atom. The summed E-state index contributed by atoms with van der Waals surface area (Å²) >= 11 is 12.0. The number of halogens is 2. The second-order valence-corrected chi connectivity index (χ2v) is 4.96. The van der Waals surface area contributed by atoms with Crippen LogP contribution in [0.3, 0.4) is 0 Å². The molecule has 1 N–H and O–H groups in total. The van der Waals surface area contributed by atoms with Gasteiger partial charge in [-0.1, -0.05) is 34.5 Å². The number of hydrogen-bond acceptors (Lipinski definition) is 3. The van der Waals surface area contributed by atoms with Gasteiger partial charge in [0, 0.05) is 29.7 Å². The molecule has 1 aromatic carbocycles. The zero-order chi connectivity index (χ0) is 13.1. The Bertz CT molecular complexity index is 539. The van der Waals surface area contributed by atoms with Crippen LogP contribution in [0.15, 0.2) is 24.4 Å². The second-order valence-electron chi connectivity index (χ2n) is 4.12. The van der Waals surface area contributed by atoms with Crippen LogP contribution in [0, 0.1) is 0 Å². The highest BCUT2D eigenvalue weighted by Gasteiger charge is 2.10. The molecular formula is C12H14Cl2N4. The van der Waals surface area contributed by atoms with Crippen LogP contribution >= 0.6 is 23.2 Å². The summed E-state index contributed by atoms with van der Waals surface area (Å²) in [5.74, 6) is 0. The molecule has 1 heterocycles. The van der Waals surface area contributed by atoms with Gasteiger partial charge in [-0.3, -0.25) is 4.68 Å². The van der Waals surface area contributed by atoms with Crippen molar-refractivity contribution < 1.29 is 0 Å². The van der Waals surface area contributed by atoms with Crippen LogP contribution in [0.25, 0.3) is 0 Å². The molecule has 0 aliphatic heterocycles. The molecule has 96 valence electrons. The number of nitrogens with zero attached hydrogens (tertiary/aromatic N) is 3. The van der Waals surface area contributed by atoms with Crippen LogP contribution in [0.1, 0.15) is 24.2 Å². The lowest BCUT2D eigenvalue weighted by Crippen LogP contribution is -2.20. The number of rotatable bonds is 4. The first kappa shape index (κ1) is 13.3. The molecule has 0 bridgehead atoms. The maximum atomic E-state index is 6.16. The molecule has 0 fully saturated rings. The van der Waals surface area contributed by atoms with Gasteiger partial charge in [0.15, 0.2) is 0 Å². The first-order chi connectivity index (χ1) is 8.58. The van der Waals surface area contributed by atoms with Crippen molar-refractivity contribution in [3.8, 4) is 0 Å². The zero-order valence-electron chi connectivity index (χ0n) is 10.2. The molecule has 0 aliphatic rings. The van der Waals surface area contributed by atoms with Crippen LogP contribution in [-0.4, -0.2) is 15.0 Å². The lowest BCUT2D eigenvalue weighted by Gasteiger charge is -2.15. The van der Waals surface area contributed by atoms with Gasteiger partial charge in [0.25, 0.3) is 0 Å². The molecule has 18 heavy (non-hydrogen) atoms. The summed E-state index contributed by atoms with van der Waals surface area (Å²) < 4.78 is 1.74. The average molecular weight is 285 g/mol. The molecule has 4 nitrogen and oxygen atoms in total. The summed E-state index contributed by atoms with van der Waals surface area (Å²) in [5, 5.41) is 12.4. The fourth-order valence-corrected chi connectivity index (χ4v) is 2.26. The molecule has 0 saturated heterocycles. The van der Waals surface area contributed by atoms with Gasteiger partial charge in [-0.25, -0.2) is 0 Å². The molecule has 2 rings (SSSR count). The molecule has 1 aromatic heterocycles. The minimum atomic E-state index is 0.129. The van der Waals surface area contributed by atoms with Crippen LogP contribution in [0.5, 0.6) is 0 Å². The van der Waals surface area contributed by atoms with Crippen LogP contribution in [-0.2, 0) is 13.6 Å². The minimum absolute atomic E-state index is 0.129. The highest BCUT2D eigenvalue weighted by Crippen LogP contribution is 2.26. The van der Waals surface area contributed by atoms with Crippen molar-refractivity contribution in [3.05, 3.63) is 45.7 Å². The molecule has 6 heteroatoms. The van der Waals surface area contributed by atoms with Crippen molar-refractivity contribution in [1.82, 2.24) is 20.3 Å². The van der Waals surface area contributed by atoms with Crippen LogP contribution < -0.4 is 5.32 Å². The van der Waals surface area contributed by atoms with E-state index in [9.17, 15) is 0 Å². The van der Waals surface area contributed by atoms with E-state index in [2.05, 4.69) is 22.6 Å². The van der Waals surface area contributed by atoms with Gasteiger partial charge in [-0.05, 0) is 24.6 Å². The maximum absolute atomic E-state index is 6.16. The molecule has 0 saturated carbocycles. The van der Waals surface area contributed by atoms with Gasteiger partial charge < -0.3 is 5.32 Å². The van der Waals surface area contributed by atoms with Crippen molar-refractivity contribution >= 4 is 23.2 Å². The number of aryl methyl sites for hydroxylation is 1. The Balaban J connectivity index is 2.03. The lowest BCUT2D eigenvalue weighted by molar-refractivity contribution is 0.546. The van der Waals surface area contributed by atoms with Gasteiger partial charge in [0.2, 0.25) is 0 Å². The largest absolute Gasteiger partial charge is 0.304 e. The fourth-order valence-electron chi connectivity index (χ4n) is 1.69. The predicted molar refractivity (Wildman–Crippen MR) is 72.7 cm³/mol. The van der Waals surface area contributed by atoms with E-state index >= 15 is 0 Å². The maximum Gasteiger partial charge on any atom is 0.0738 e. The van der Waals surface area contributed by atoms with Gasteiger partial charge >= 0.3 is 0 Å². The third-order valence-corrected chi connectivity index (χ3v) is 3.39. The number of aromatic nitrogens is 3. The van der Waals surface area contributed by atoms with E-state index < -0.39 is 0 Å². The quantitative estimate of drug-likeness (QED) is 0.939. The molecule has 1 unspecified atom stereocenters. The normalized spacial score (nSPS) is 12.7. The van der Waals surface area contributed by atoms with E-state index in [1.165, 1.54) is 0 Å². The van der Waals surface area contributed by atoms with E-state index in [-0.39, 0.29) is 6.04 Å². The molecule has 0 spiro atoms. The van der Waals surface area contributed by atoms with E-state index in [0.717, 1.165) is 11.3 Å². The Labute approximate surface area is 116 Å². The lowest BCUT2D eigenvalue weighted by atomic mass is 10.1. The smallest absolute Gasteiger partial charge is 0.0738 e. The first-order valence-corrected chi connectivity index (χ1v) is 6.35. The topological polar surface area (TPSA) is 42.7 Å². The number of hydrogen-bond donors (Lipinski definition) is 1. The summed E-state index contributed by atoms with van der Waals surface area (Å²) in [6.07, 6.45) is 1.74. The van der Waals surface area contributed by atoms with E-state index in [1.54, 1.807) is 16.9 Å². The Morgan fingerprint density at radius 2 is 2.17 bits per heavy atom. The van der Waals surface area contributed by atoms with Crippen LogP contribution in [0.4, 0.5) is 0 Å². The van der Waals surface area contributed by atoms with Crippen molar-refractivity contribution in [2.45, 2.75) is 19.5 Å². The Kier molecular flexibility index (Phi) is 4.22. The number of benzene rings is 1. The molecule has 0 amide bonds. The van der Waals surface area contributed by atoms with Crippen molar-refractivity contribution in [2.24, 2.45) is 7.05 Å². The van der Waals surface area contributed by atoms with Gasteiger partial charge in [-0.15, -0.1) is 5.10 Å². The van der Waals surface area contributed by atoms with E-state index in [0.29, 0.717) is 16.6 Å². The van der Waals surface area contributed by atoms with Crippen molar-refractivity contribution in [2.75, 3.05) is 0 Å². The van der Waals surface area contributed by atoms with Crippen molar-refractivity contribution in [3.63, 3.8) is 0 Å². The Morgan fingerprint density at radius 3 is 2.78 bits per heavy atom. The van der Waals surface area contributed by atoms with E-state index in [1.807, 2.05) is 19.2 Å². The summed E-state index contributed by atoms with van der Waals surface area (Å²) in [4.78, 5) is 0. The van der Waals surface area contributed by atoms with Gasteiger partial charge in [-0.2, -0.15) is 0 Å². The number of nitrogens with one attached hydrogen (secondary N) is 1. The summed E-state index contributed by atoms with van der Waals surface area (Å²) in [5.41, 5.74) is 2.04. The van der Waals surface area contributed by atoms with E-state index in [4.69, 9.17) is 23.2 Å². The zero-order valence-corrected chi connectivity index (χ0v) is 11.7. The second kappa shape index (κ2) is 5.69. The molecule has 0 radical (unpaired) electrons. The van der Waals surface area contributed by atoms with Gasteiger partial charge in [0.1, 0.15) is 0 Å². The summed E-state index contributed by atoms with van der Waals surface area (Å²) in [6, 6.07) is 5.66. The highest BCUT2D eigenvalue weighted by molar-refractivity contribution is 6.35. The van der Waals surface area contributed by atoms with Crippen LogP contribution in [0.2, 0.25) is 10.0 Å². The first-order valence-electron chi connectivity index (χ1n) is 5.60. The van der Waals surface area contributed by atoms with Gasteiger partial charge in [0.05, 0.1) is 11.9 Å².